The van der Waals surface area contributed by atoms with Crippen LogP contribution >= 0.6 is 0 Å². The Morgan fingerprint density at radius 2 is 1.89 bits per heavy atom. The number of aromatic nitrogens is 1. The van der Waals surface area contributed by atoms with Gasteiger partial charge in [0.05, 0.1) is 5.56 Å². The van der Waals surface area contributed by atoms with Crippen LogP contribution in [-0.2, 0) is 0 Å². The third-order valence-corrected chi connectivity index (χ3v) is 4.78. The molecule has 2 saturated heterocycles. The molecule has 1 aromatic heterocycles. The van der Waals surface area contributed by atoms with Crippen molar-refractivity contribution in [3.63, 3.8) is 0 Å². The maximum Gasteiger partial charge on any atom is 0.146 e. The zero-order valence-electron chi connectivity index (χ0n) is 11.0. The van der Waals surface area contributed by atoms with Crippen LogP contribution in [0.5, 0.6) is 0 Å². The molecule has 4 rings (SSSR count). The summed E-state index contributed by atoms with van der Waals surface area (Å²) in [5, 5.41) is 9.18. The van der Waals surface area contributed by atoms with Gasteiger partial charge in [0.2, 0.25) is 0 Å². The molecule has 4 nitrogen and oxygen atoms in total. The van der Waals surface area contributed by atoms with Gasteiger partial charge in [-0.15, -0.1) is 0 Å². The fraction of sp³-hybridized carbons (Fsp3) is 0.600. The monoisotopic (exact) mass is 254 g/mol. The summed E-state index contributed by atoms with van der Waals surface area (Å²) in [5.41, 5.74) is 0.710. The molecule has 0 aromatic carbocycles. The van der Waals surface area contributed by atoms with Gasteiger partial charge >= 0.3 is 0 Å². The van der Waals surface area contributed by atoms with E-state index in [4.69, 9.17) is 0 Å². The van der Waals surface area contributed by atoms with Gasteiger partial charge in [0.1, 0.15) is 11.9 Å². The van der Waals surface area contributed by atoms with Crippen LogP contribution in [0.4, 0.5) is 5.82 Å². The van der Waals surface area contributed by atoms with E-state index in [1.165, 1.54) is 25.9 Å². The van der Waals surface area contributed by atoms with Gasteiger partial charge in [-0.05, 0) is 36.8 Å². The number of hydrogen-bond acceptors (Lipinski definition) is 4. The molecule has 0 N–H and O–H groups in total. The van der Waals surface area contributed by atoms with Crippen LogP contribution in [0.3, 0.4) is 0 Å². The molecule has 19 heavy (non-hydrogen) atoms. The minimum Gasteiger partial charge on any atom is -0.355 e. The third-order valence-electron chi connectivity index (χ3n) is 4.78. The average Bonchev–Trinajstić information content (AvgIpc) is 3.10. The molecule has 0 radical (unpaired) electrons. The zero-order chi connectivity index (χ0) is 12.8. The first-order valence-electron chi connectivity index (χ1n) is 7.19. The summed E-state index contributed by atoms with van der Waals surface area (Å²) in [4.78, 5) is 9.41. The lowest BCUT2D eigenvalue weighted by atomic mass is 10.0. The van der Waals surface area contributed by atoms with E-state index >= 15 is 0 Å². The zero-order valence-corrected chi connectivity index (χ0v) is 11.0. The van der Waals surface area contributed by atoms with E-state index in [0.717, 1.165) is 36.8 Å². The second kappa shape index (κ2) is 4.21. The molecule has 4 heteroatoms. The molecule has 0 bridgehead atoms. The maximum atomic E-state index is 9.18. The number of pyridine rings is 1. The summed E-state index contributed by atoms with van der Waals surface area (Å²) >= 11 is 0. The normalized spacial score (nSPS) is 30.4. The second-order valence-electron chi connectivity index (χ2n) is 6.10. The Bertz CT molecular complexity index is 517. The standard InChI is InChI=1S/C15H18N4/c16-6-11-2-1-5-17-15(11)19-9-12-7-18(14-3-4-14)8-13(12)10-19/h1-2,5,12-14H,3-4,7-10H2. The lowest BCUT2D eigenvalue weighted by molar-refractivity contribution is 0.306. The lowest BCUT2D eigenvalue weighted by Gasteiger charge is -2.22. The van der Waals surface area contributed by atoms with E-state index in [-0.39, 0.29) is 0 Å². The third kappa shape index (κ3) is 1.89. The Kier molecular flexibility index (Phi) is 2.49. The van der Waals surface area contributed by atoms with Gasteiger partial charge in [-0.3, -0.25) is 4.90 Å². The minimum atomic E-state index is 0.710. The van der Waals surface area contributed by atoms with E-state index in [1.807, 2.05) is 12.1 Å². The molecule has 3 heterocycles. The lowest BCUT2D eigenvalue weighted by Crippen LogP contribution is -2.30. The highest BCUT2D eigenvalue weighted by molar-refractivity contribution is 5.54. The number of likely N-dealkylation sites (tertiary alicyclic amines) is 1. The van der Waals surface area contributed by atoms with Crippen LogP contribution in [0.15, 0.2) is 18.3 Å². The second-order valence-corrected chi connectivity index (χ2v) is 6.10. The number of rotatable bonds is 2. The molecule has 98 valence electrons. The first-order valence-corrected chi connectivity index (χ1v) is 7.19. The van der Waals surface area contributed by atoms with Crippen LogP contribution in [0.25, 0.3) is 0 Å². The number of hydrogen-bond donors (Lipinski definition) is 0. The highest BCUT2D eigenvalue weighted by Crippen LogP contribution is 2.39. The summed E-state index contributed by atoms with van der Waals surface area (Å²) in [5.74, 6) is 2.43. The molecule has 1 saturated carbocycles. The number of anilines is 1. The number of nitrogens with zero attached hydrogens (tertiary/aromatic N) is 4. The Morgan fingerprint density at radius 1 is 1.16 bits per heavy atom. The molecule has 2 atom stereocenters. The number of nitriles is 1. The molecule has 3 fully saturated rings. The van der Waals surface area contributed by atoms with Crippen molar-refractivity contribution in [3.05, 3.63) is 23.9 Å². The summed E-state index contributed by atoms with van der Waals surface area (Å²) in [7, 11) is 0. The summed E-state index contributed by atoms with van der Waals surface area (Å²) in [6.45, 7) is 4.64. The first kappa shape index (κ1) is 11.2. The fourth-order valence-corrected chi connectivity index (χ4v) is 3.68. The Labute approximate surface area is 113 Å². The minimum absolute atomic E-state index is 0.710. The van der Waals surface area contributed by atoms with Crippen molar-refractivity contribution in [1.82, 2.24) is 9.88 Å². The van der Waals surface area contributed by atoms with Gasteiger partial charge in [-0.25, -0.2) is 4.98 Å². The molecule has 2 unspecified atom stereocenters. The summed E-state index contributed by atoms with van der Waals surface area (Å²) < 4.78 is 0. The highest BCUT2D eigenvalue weighted by atomic mass is 15.3. The van der Waals surface area contributed by atoms with Gasteiger partial charge in [0.15, 0.2) is 0 Å². The molecule has 2 aliphatic heterocycles. The molecule has 0 spiro atoms. The van der Waals surface area contributed by atoms with Gasteiger partial charge < -0.3 is 4.90 Å². The fourth-order valence-electron chi connectivity index (χ4n) is 3.68. The molecular weight excluding hydrogens is 236 g/mol. The van der Waals surface area contributed by atoms with Gasteiger partial charge in [0.25, 0.3) is 0 Å². The average molecular weight is 254 g/mol. The molecular formula is C15H18N4. The predicted molar refractivity (Wildman–Crippen MR) is 72.7 cm³/mol. The van der Waals surface area contributed by atoms with E-state index in [1.54, 1.807) is 6.20 Å². The van der Waals surface area contributed by atoms with Crippen molar-refractivity contribution in [1.29, 1.82) is 5.26 Å². The van der Waals surface area contributed by atoms with Crippen molar-refractivity contribution in [2.75, 3.05) is 31.1 Å². The van der Waals surface area contributed by atoms with E-state index in [2.05, 4.69) is 20.9 Å². The number of fused-ring (bicyclic) bond motifs is 1. The predicted octanol–water partition coefficient (Wildman–Crippen LogP) is 1.48. The van der Waals surface area contributed by atoms with E-state index < -0.39 is 0 Å². The van der Waals surface area contributed by atoms with Crippen LogP contribution < -0.4 is 4.90 Å². The maximum absolute atomic E-state index is 9.18. The largest absolute Gasteiger partial charge is 0.355 e. The van der Waals surface area contributed by atoms with Crippen molar-refractivity contribution in [2.45, 2.75) is 18.9 Å². The quantitative estimate of drug-likeness (QED) is 0.802. The SMILES string of the molecule is N#Cc1cccnc1N1CC2CN(C3CC3)CC2C1. The van der Waals surface area contributed by atoms with Crippen LogP contribution in [0.1, 0.15) is 18.4 Å². The summed E-state index contributed by atoms with van der Waals surface area (Å²) in [6.07, 6.45) is 4.60. The first-order chi connectivity index (χ1) is 9.35. The van der Waals surface area contributed by atoms with Crippen LogP contribution in [0, 0.1) is 23.2 Å². The van der Waals surface area contributed by atoms with Crippen molar-refractivity contribution in [2.24, 2.45) is 11.8 Å². The molecule has 0 amide bonds. The van der Waals surface area contributed by atoms with Crippen molar-refractivity contribution >= 4 is 5.82 Å². The molecule has 1 aromatic rings. The van der Waals surface area contributed by atoms with Gasteiger partial charge in [-0.1, -0.05) is 0 Å². The van der Waals surface area contributed by atoms with Gasteiger partial charge in [-0.2, -0.15) is 5.26 Å². The molecule has 1 aliphatic carbocycles. The van der Waals surface area contributed by atoms with Crippen molar-refractivity contribution < 1.29 is 0 Å². The van der Waals surface area contributed by atoms with Crippen LogP contribution in [-0.4, -0.2) is 42.1 Å². The Morgan fingerprint density at radius 3 is 2.53 bits per heavy atom. The van der Waals surface area contributed by atoms with Gasteiger partial charge in [0, 0.05) is 38.4 Å². The van der Waals surface area contributed by atoms with Crippen molar-refractivity contribution in [3.8, 4) is 6.07 Å². The summed E-state index contributed by atoms with van der Waals surface area (Å²) in [6, 6.07) is 6.86. The van der Waals surface area contributed by atoms with E-state index in [0.29, 0.717) is 5.56 Å². The highest BCUT2D eigenvalue weighted by Gasteiger charge is 2.44. The topological polar surface area (TPSA) is 43.2 Å². The Hall–Kier alpha value is -1.60. The van der Waals surface area contributed by atoms with Crippen LogP contribution in [0.2, 0.25) is 0 Å². The molecule has 3 aliphatic rings. The smallest absolute Gasteiger partial charge is 0.146 e. The Balaban J connectivity index is 1.50. The van der Waals surface area contributed by atoms with E-state index in [9.17, 15) is 5.26 Å².